The Kier molecular flexibility index (Phi) is 2.59. The number of nitrogens with two attached hydrogens (primary N) is 2. The van der Waals surface area contributed by atoms with Gasteiger partial charge in [-0.15, -0.1) is 0 Å². The number of hydrogen-bond donors (Lipinski definition) is 3. The van der Waals surface area contributed by atoms with E-state index in [1.165, 1.54) is 0 Å². The molecule has 0 atom stereocenters. The Hall–Kier alpha value is -0.900. The highest BCUT2D eigenvalue weighted by atomic mass is 16.1. The molecule has 5 N–H and O–H groups in total. The molecule has 0 amide bonds. The molecule has 0 aromatic carbocycles. The fourth-order valence-corrected chi connectivity index (χ4v) is 1.32. The van der Waals surface area contributed by atoms with Crippen LogP contribution in [0.25, 0.3) is 0 Å². The Morgan fingerprint density at radius 2 is 2.00 bits per heavy atom. The summed E-state index contributed by atoms with van der Waals surface area (Å²) in [6.07, 6.45) is 1.72. The van der Waals surface area contributed by atoms with Crippen LogP contribution in [0, 0.1) is 5.92 Å². The molecule has 0 unspecified atom stereocenters. The zero-order chi connectivity index (χ0) is 8.27. The van der Waals surface area contributed by atoms with Gasteiger partial charge in [-0.2, -0.15) is 0 Å². The van der Waals surface area contributed by atoms with Crippen molar-refractivity contribution >= 4 is 11.6 Å². The van der Waals surface area contributed by atoms with Crippen LogP contribution in [0.3, 0.4) is 0 Å². The van der Waals surface area contributed by atoms with Crippen LogP contribution in [0.15, 0.2) is 0 Å². The van der Waals surface area contributed by atoms with Gasteiger partial charge in [0.15, 0.2) is 0 Å². The first-order valence-corrected chi connectivity index (χ1v) is 3.84. The van der Waals surface area contributed by atoms with Gasteiger partial charge in [-0.3, -0.25) is 15.9 Å². The van der Waals surface area contributed by atoms with E-state index < -0.39 is 0 Å². The largest absolute Gasteiger partial charge is 0.317 e. The zero-order valence-corrected chi connectivity index (χ0v) is 6.47. The lowest BCUT2D eigenvalue weighted by Crippen LogP contribution is -2.53. The van der Waals surface area contributed by atoms with E-state index in [1.54, 1.807) is 0 Å². The lowest BCUT2D eigenvalue weighted by atomic mass is 9.93. The van der Waals surface area contributed by atoms with Crippen molar-refractivity contribution in [2.24, 2.45) is 11.7 Å². The van der Waals surface area contributed by atoms with E-state index in [0.29, 0.717) is 0 Å². The Labute approximate surface area is 65.7 Å². The Bertz CT molecular complexity index is 173. The summed E-state index contributed by atoms with van der Waals surface area (Å²) in [4.78, 5) is 11.2. The van der Waals surface area contributed by atoms with E-state index in [9.17, 15) is 4.79 Å². The first-order valence-electron chi connectivity index (χ1n) is 3.84. The molecule has 1 aliphatic rings. The number of piperidine rings is 1. The van der Waals surface area contributed by atoms with Crippen molar-refractivity contribution in [1.29, 1.82) is 0 Å². The number of carbonyl (C=O) groups excluding carboxylic acids is 1. The van der Waals surface area contributed by atoms with Crippen molar-refractivity contribution in [3.63, 3.8) is 0 Å². The molecule has 0 saturated carbocycles. The van der Waals surface area contributed by atoms with Crippen LogP contribution in [0.1, 0.15) is 12.8 Å². The van der Waals surface area contributed by atoms with Crippen LogP contribution in [-0.2, 0) is 4.79 Å². The predicted octanol–water partition coefficient (Wildman–Crippen LogP) is -2.33. The maximum atomic E-state index is 11.2. The molecule has 1 aliphatic heterocycles. The highest BCUT2D eigenvalue weighted by Gasteiger charge is 2.25. The Morgan fingerprint density at radius 3 is 2.45 bits per heavy atom. The van der Waals surface area contributed by atoms with Crippen LogP contribution in [-0.4, -0.2) is 24.7 Å². The number of amidine groups is 1. The van der Waals surface area contributed by atoms with Gasteiger partial charge in [0, 0.05) is 5.92 Å². The summed E-state index contributed by atoms with van der Waals surface area (Å²) in [5.41, 5.74) is 5.19. The second-order valence-corrected chi connectivity index (χ2v) is 2.84. The van der Waals surface area contributed by atoms with Gasteiger partial charge in [-0.1, -0.05) is 0 Å². The van der Waals surface area contributed by atoms with Gasteiger partial charge in [0.25, 0.3) is 0 Å². The van der Waals surface area contributed by atoms with Crippen LogP contribution in [0.4, 0.5) is 0 Å². The first kappa shape index (κ1) is 8.20. The van der Waals surface area contributed by atoms with Gasteiger partial charge >= 0.3 is 5.84 Å². The quantitative estimate of drug-likeness (QED) is 0.310. The minimum Gasteiger partial charge on any atom is -0.317 e. The fraction of sp³-hybridized carbons (Fsp3) is 0.714. The summed E-state index contributed by atoms with van der Waals surface area (Å²) in [6, 6.07) is 0. The van der Waals surface area contributed by atoms with Gasteiger partial charge in [0.2, 0.25) is 5.78 Å². The van der Waals surface area contributed by atoms with Crippen molar-refractivity contribution in [2.45, 2.75) is 12.8 Å². The van der Waals surface area contributed by atoms with Gasteiger partial charge in [-0.25, -0.2) is 0 Å². The summed E-state index contributed by atoms with van der Waals surface area (Å²) in [5.74, 6) is -0.0651. The molecule has 0 aromatic rings. The summed E-state index contributed by atoms with van der Waals surface area (Å²) in [5, 5.41) is 8.36. The van der Waals surface area contributed by atoms with Crippen LogP contribution in [0.2, 0.25) is 0 Å². The number of hydrogen-bond acceptors (Lipinski definition) is 2. The predicted molar refractivity (Wildman–Crippen MR) is 41.7 cm³/mol. The average Bonchev–Trinajstić information content (AvgIpc) is 2.05. The molecule has 0 aromatic heterocycles. The van der Waals surface area contributed by atoms with Gasteiger partial charge in [0.1, 0.15) is 0 Å². The minimum absolute atomic E-state index is 0.0445. The van der Waals surface area contributed by atoms with Crippen LogP contribution in [0.5, 0.6) is 0 Å². The van der Waals surface area contributed by atoms with E-state index in [1.807, 2.05) is 0 Å². The van der Waals surface area contributed by atoms with E-state index in [0.717, 1.165) is 25.9 Å². The summed E-state index contributed by atoms with van der Waals surface area (Å²) < 4.78 is 0. The van der Waals surface area contributed by atoms with Crippen molar-refractivity contribution in [2.75, 3.05) is 13.1 Å². The molecule has 1 rings (SSSR count). The number of carbonyl (C=O) groups is 1. The van der Waals surface area contributed by atoms with Crippen LogP contribution < -0.4 is 16.5 Å². The summed E-state index contributed by atoms with van der Waals surface area (Å²) in [6.45, 7) is 1.79. The molecule has 1 fully saturated rings. The lowest BCUT2D eigenvalue weighted by Gasteiger charge is -2.19. The zero-order valence-electron chi connectivity index (χ0n) is 6.47. The minimum atomic E-state index is -0.0773. The van der Waals surface area contributed by atoms with Crippen LogP contribution >= 0.6 is 0 Å². The number of rotatable bonds is 2. The molecule has 4 heteroatoms. The molecule has 1 saturated heterocycles. The van der Waals surface area contributed by atoms with E-state index in [-0.39, 0.29) is 17.5 Å². The molecular weight excluding hydrogens is 142 g/mol. The number of Topliss-reactive ketones (excluding diaryl/α,β-unsaturated/α-hetero) is 1. The molecule has 0 radical (unpaired) electrons. The third-order valence-corrected chi connectivity index (χ3v) is 1.99. The topological polar surface area (TPSA) is 80.7 Å². The monoisotopic (exact) mass is 156 g/mol. The molecule has 0 spiro atoms. The highest BCUT2D eigenvalue weighted by molar-refractivity contribution is 6.36. The fourth-order valence-electron chi connectivity index (χ4n) is 1.32. The van der Waals surface area contributed by atoms with Crippen molar-refractivity contribution in [3.05, 3.63) is 0 Å². The molecule has 4 nitrogen and oxygen atoms in total. The maximum Gasteiger partial charge on any atom is 0.307 e. The highest BCUT2D eigenvalue weighted by Crippen LogP contribution is 2.11. The third-order valence-electron chi connectivity index (χ3n) is 1.99. The smallest absolute Gasteiger partial charge is 0.307 e. The van der Waals surface area contributed by atoms with Gasteiger partial charge in [0.05, 0.1) is 0 Å². The first-order chi connectivity index (χ1) is 5.22. The van der Waals surface area contributed by atoms with Gasteiger partial charge in [-0.05, 0) is 25.9 Å². The Balaban J connectivity index is 2.45. The molecule has 0 bridgehead atoms. The maximum absolute atomic E-state index is 11.2. The molecule has 62 valence electrons. The van der Waals surface area contributed by atoms with E-state index in [2.05, 4.69) is 5.32 Å². The lowest BCUT2D eigenvalue weighted by molar-refractivity contribution is -0.138. The second-order valence-electron chi connectivity index (χ2n) is 2.84. The number of nitrogens with one attached hydrogen (secondary N) is 1. The summed E-state index contributed by atoms with van der Waals surface area (Å²) >= 11 is 0. The molecule has 11 heavy (non-hydrogen) atoms. The van der Waals surface area contributed by atoms with E-state index >= 15 is 0 Å². The van der Waals surface area contributed by atoms with Gasteiger partial charge < -0.3 is 5.32 Å². The van der Waals surface area contributed by atoms with Crippen molar-refractivity contribution in [1.82, 2.24) is 5.32 Å². The third kappa shape index (κ3) is 2.01. The van der Waals surface area contributed by atoms with E-state index in [4.69, 9.17) is 11.1 Å². The normalized spacial score (nSPS) is 19.6. The number of ketones is 1. The molecular formula is C7H14N3O+. The second kappa shape index (κ2) is 3.48. The molecule has 1 heterocycles. The Morgan fingerprint density at radius 1 is 1.45 bits per heavy atom. The summed E-state index contributed by atoms with van der Waals surface area (Å²) in [7, 11) is 0. The standard InChI is InChI=1S/C7H13N3O/c8-7(9)6(11)5-1-3-10-4-2-5/h5,10H,1-4H2,(H3,8,9)/p+1. The average molecular weight is 156 g/mol. The van der Waals surface area contributed by atoms with Crippen molar-refractivity contribution < 1.29 is 10.2 Å². The SMILES string of the molecule is NC(=[NH2+])C(=O)C1CCNCC1. The molecule has 0 aliphatic carbocycles. The van der Waals surface area contributed by atoms with Crippen molar-refractivity contribution in [3.8, 4) is 0 Å².